The summed E-state index contributed by atoms with van der Waals surface area (Å²) in [5.41, 5.74) is 10.1. The van der Waals surface area contributed by atoms with Gasteiger partial charge in [-0.1, -0.05) is 23.8 Å². The zero-order chi connectivity index (χ0) is 12.3. The summed E-state index contributed by atoms with van der Waals surface area (Å²) in [6.45, 7) is 6.77. The van der Waals surface area contributed by atoms with Crippen LogP contribution >= 0.6 is 0 Å². The lowest BCUT2D eigenvalue weighted by Gasteiger charge is -2.27. The molecule has 1 aliphatic rings. The van der Waals surface area contributed by atoms with E-state index >= 15 is 0 Å². The fourth-order valence-electron chi connectivity index (χ4n) is 2.45. The van der Waals surface area contributed by atoms with E-state index in [9.17, 15) is 0 Å². The quantitative estimate of drug-likeness (QED) is 0.836. The Morgan fingerprint density at radius 2 is 2.29 bits per heavy atom. The fraction of sp³-hybridized carbons (Fsp3) is 0.571. The maximum atomic E-state index is 6.28. The summed E-state index contributed by atoms with van der Waals surface area (Å²) in [6.07, 6.45) is 0.934. The third-order valence-electron chi connectivity index (χ3n) is 3.36. The minimum atomic E-state index is 0.0924. The van der Waals surface area contributed by atoms with Crippen LogP contribution in [0.5, 0.6) is 0 Å². The number of aryl methyl sites for hydroxylation is 2. The van der Waals surface area contributed by atoms with Crippen molar-refractivity contribution in [2.24, 2.45) is 5.73 Å². The molecule has 0 spiro atoms. The number of hydrogen-bond acceptors (Lipinski definition) is 3. The summed E-state index contributed by atoms with van der Waals surface area (Å²) >= 11 is 0. The van der Waals surface area contributed by atoms with Gasteiger partial charge in [-0.3, -0.25) is 0 Å². The van der Waals surface area contributed by atoms with Gasteiger partial charge >= 0.3 is 0 Å². The molecule has 1 aliphatic heterocycles. The second-order valence-corrected chi connectivity index (χ2v) is 4.93. The number of ether oxygens (including phenoxy) is 1. The van der Waals surface area contributed by atoms with E-state index in [4.69, 9.17) is 10.5 Å². The Balaban J connectivity index is 2.00. The van der Waals surface area contributed by atoms with E-state index in [2.05, 4.69) is 37.4 Å². The summed E-state index contributed by atoms with van der Waals surface area (Å²) in [6, 6.07) is 6.96. The van der Waals surface area contributed by atoms with Crippen molar-refractivity contribution in [2.45, 2.75) is 32.4 Å². The Morgan fingerprint density at radius 3 is 2.94 bits per heavy atom. The number of hydrogen-bond donors (Lipinski definition) is 2. The third kappa shape index (κ3) is 3.28. The highest BCUT2D eigenvalue weighted by molar-refractivity contribution is 5.32. The number of rotatable bonds is 3. The summed E-state index contributed by atoms with van der Waals surface area (Å²) < 4.78 is 5.45. The molecule has 17 heavy (non-hydrogen) atoms. The van der Waals surface area contributed by atoms with Gasteiger partial charge in [0.15, 0.2) is 0 Å². The van der Waals surface area contributed by atoms with Crippen LogP contribution in [-0.4, -0.2) is 25.8 Å². The summed E-state index contributed by atoms with van der Waals surface area (Å²) in [5, 5.41) is 3.45. The molecule has 3 nitrogen and oxygen atoms in total. The predicted octanol–water partition coefficient (Wildman–Crippen LogP) is 1.68. The van der Waals surface area contributed by atoms with Gasteiger partial charge in [0.25, 0.3) is 0 Å². The summed E-state index contributed by atoms with van der Waals surface area (Å²) in [5.74, 6) is 0. The van der Waals surface area contributed by atoms with Crippen molar-refractivity contribution in [1.29, 1.82) is 0 Å². The molecule has 1 heterocycles. The minimum Gasteiger partial charge on any atom is -0.379 e. The van der Waals surface area contributed by atoms with Gasteiger partial charge in [0.2, 0.25) is 0 Å². The lowest BCUT2D eigenvalue weighted by atomic mass is 9.95. The van der Waals surface area contributed by atoms with Crippen molar-refractivity contribution >= 4 is 0 Å². The van der Waals surface area contributed by atoms with E-state index in [1.54, 1.807) is 0 Å². The topological polar surface area (TPSA) is 47.3 Å². The van der Waals surface area contributed by atoms with Crippen molar-refractivity contribution in [3.8, 4) is 0 Å². The van der Waals surface area contributed by atoms with Crippen molar-refractivity contribution in [3.63, 3.8) is 0 Å². The summed E-state index contributed by atoms with van der Waals surface area (Å²) in [7, 11) is 0. The van der Waals surface area contributed by atoms with Crippen LogP contribution in [0.4, 0.5) is 0 Å². The van der Waals surface area contributed by atoms with Crippen LogP contribution in [-0.2, 0) is 4.74 Å². The Labute approximate surface area is 103 Å². The maximum absolute atomic E-state index is 6.28. The normalized spacial score (nSPS) is 22.4. The largest absolute Gasteiger partial charge is 0.379 e. The van der Waals surface area contributed by atoms with Gasteiger partial charge in [-0.05, 0) is 31.4 Å². The van der Waals surface area contributed by atoms with E-state index < -0.39 is 0 Å². The molecule has 2 rings (SSSR count). The first-order valence-corrected chi connectivity index (χ1v) is 6.30. The molecule has 1 saturated heterocycles. The molecular formula is C14H22N2O. The highest BCUT2D eigenvalue weighted by Crippen LogP contribution is 2.21. The average Bonchev–Trinajstić information content (AvgIpc) is 2.30. The monoisotopic (exact) mass is 234 g/mol. The molecule has 1 aromatic carbocycles. The molecule has 2 atom stereocenters. The Bertz CT molecular complexity index is 372. The first-order chi connectivity index (χ1) is 8.16. The van der Waals surface area contributed by atoms with Gasteiger partial charge in [-0.25, -0.2) is 0 Å². The van der Waals surface area contributed by atoms with Crippen LogP contribution in [0.2, 0.25) is 0 Å². The fourth-order valence-corrected chi connectivity index (χ4v) is 2.45. The maximum Gasteiger partial charge on any atom is 0.0620 e. The second-order valence-electron chi connectivity index (χ2n) is 4.93. The van der Waals surface area contributed by atoms with Gasteiger partial charge in [-0.15, -0.1) is 0 Å². The molecule has 0 aromatic heterocycles. The molecule has 0 saturated carbocycles. The highest BCUT2D eigenvalue weighted by Gasteiger charge is 2.18. The molecule has 3 N–H and O–H groups in total. The van der Waals surface area contributed by atoms with Crippen LogP contribution in [0.1, 0.15) is 29.2 Å². The van der Waals surface area contributed by atoms with Gasteiger partial charge in [0.1, 0.15) is 0 Å². The molecular weight excluding hydrogens is 212 g/mol. The molecule has 1 aromatic rings. The van der Waals surface area contributed by atoms with Crippen LogP contribution in [0, 0.1) is 13.8 Å². The molecule has 1 fully saturated rings. The number of nitrogens with one attached hydrogen (secondary N) is 1. The summed E-state index contributed by atoms with van der Waals surface area (Å²) in [4.78, 5) is 0. The van der Waals surface area contributed by atoms with Crippen LogP contribution in [0.25, 0.3) is 0 Å². The minimum absolute atomic E-state index is 0.0924. The van der Waals surface area contributed by atoms with Crippen LogP contribution < -0.4 is 11.1 Å². The first kappa shape index (κ1) is 12.6. The van der Waals surface area contributed by atoms with E-state index in [-0.39, 0.29) is 6.04 Å². The van der Waals surface area contributed by atoms with Crippen molar-refractivity contribution in [1.82, 2.24) is 5.32 Å². The van der Waals surface area contributed by atoms with Crippen molar-refractivity contribution in [3.05, 3.63) is 34.9 Å². The van der Waals surface area contributed by atoms with Gasteiger partial charge in [0.05, 0.1) is 13.2 Å². The molecule has 2 unspecified atom stereocenters. The highest BCUT2D eigenvalue weighted by atomic mass is 16.5. The third-order valence-corrected chi connectivity index (χ3v) is 3.36. The molecule has 0 bridgehead atoms. The number of morpholine rings is 1. The standard InChI is InChI=1S/C14H22N2O/c1-10-3-4-13(11(2)7-10)14(15)8-12-9-17-6-5-16-12/h3-4,7,12,14,16H,5-6,8-9,15H2,1-2H3. The first-order valence-electron chi connectivity index (χ1n) is 6.30. The van der Waals surface area contributed by atoms with Crippen molar-refractivity contribution < 1.29 is 4.74 Å². The van der Waals surface area contributed by atoms with E-state index in [1.807, 2.05) is 0 Å². The van der Waals surface area contributed by atoms with Crippen LogP contribution in [0.3, 0.4) is 0 Å². The smallest absolute Gasteiger partial charge is 0.0620 e. The molecule has 94 valence electrons. The molecule has 3 heteroatoms. The predicted molar refractivity (Wildman–Crippen MR) is 70.1 cm³/mol. The van der Waals surface area contributed by atoms with Crippen molar-refractivity contribution in [2.75, 3.05) is 19.8 Å². The van der Waals surface area contributed by atoms with Gasteiger partial charge < -0.3 is 15.8 Å². The van der Waals surface area contributed by atoms with Crippen LogP contribution in [0.15, 0.2) is 18.2 Å². The number of benzene rings is 1. The van der Waals surface area contributed by atoms with Gasteiger partial charge in [0, 0.05) is 18.6 Å². The van der Waals surface area contributed by atoms with E-state index in [0.29, 0.717) is 6.04 Å². The second kappa shape index (κ2) is 5.63. The van der Waals surface area contributed by atoms with Gasteiger partial charge in [-0.2, -0.15) is 0 Å². The zero-order valence-electron chi connectivity index (χ0n) is 10.7. The molecule has 0 amide bonds. The number of nitrogens with two attached hydrogens (primary N) is 1. The zero-order valence-corrected chi connectivity index (χ0v) is 10.7. The molecule has 0 aliphatic carbocycles. The molecule has 0 radical (unpaired) electrons. The lowest BCUT2D eigenvalue weighted by Crippen LogP contribution is -2.42. The van der Waals surface area contributed by atoms with E-state index in [1.165, 1.54) is 16.7 Å². The SMILES string of the molecule is Cc1ccc(C(N)CC2COCCN2)c(C)c1. The van der Waals surface area contributed by atoms with E-state index in [0.717, 1.165) is 26.2 Å². The Morgan fingerprint density at radius 1 is 1.47 bits per heavy atom. The lowest BCUT2D eigenvalue weighted by molar-refractivity contribution is 0.0719. The average molecular weight is 234 g/mol. The Hall–Kier alpha value is -0.900. The Kier molecular flexibility index (Phi) is 4.15.